The molecule has 1 atom stereocenters. The Hall–Kier alpha value is -0.680. The molecule has 0 aliphatic carbocycles. The number of hydrogen-bond acceptors (Lipinski definition) is 3. The first kappa shape index (κ1) is 8.61. The Kier molecular flexibility index (Phi) is 1.95. The quantitative estimate of drug-likeness (QED) is 0.752. The largest absolute Gasteiger partial charge is 0.379 e. The smallest absolute Gasteiger partial charge is 0.271 e. The van der Waals surface area contributed by atoms with E-state index in [9.17, 15) is 4.79 Å². The second-order valence-corrected chi connectivity index (χ2v) is 4.74. The Balaban J connectivity index is 2.02. The number of aromatic amines is 1. The first-order chi connectivity index (χ1) is 6.86. The normalized spacial score (nSPS) is 25.6. The van der Waals surface area contributed by atoms with E-state index in [1.165, 1.54) is 0 Å². The van der Waals surface area contributed by atoms with Gasteiger partial charge in [0.25, 0.3) is 5.56 Å². The van der Waals surface area contributed by atoms with Crippen molar-refractivity contribution in [3.05, 3.63) is 21.6 Å². The Morgan fingerprint density at radius 3 is 3.14 bits per heavy atom. The number of H-pyrrole nitrogens is 1. The molecule has 1 N–H and O–H groups in total. The first-order valence-electron chi connectivity index (χ1n) is 4.84. The fourth-order valence-corrected chi connectivity index (χ4v) is 3.09. The lowest BCUT2D eigenvalue weighted by Gasteiger charge is -2.08. The van der Waals surface area contributed by atoms with Gasteiger partial charge in [0.05, 0.1) is 23.9 Å². The number of hydrogen-bond donors (Lipinski definition) is 1. The van der Waals surface area contributed by atoms with Crippen LogP contribution < -0.4 is 5.56 Å². The van der Waals surface area contributed by atoms with Crippen LogP contribution in [-0.4, -0.2) is 23.0 Å². The van der Waals surface area contributed by atoms with Crippen molar-refractivity contribution in [1.29, 1.82) is 0 Å². The molecule has 1 unspecified atom stereocenters. The molecule has 1 aromatic rings. The molecular formula is C9H12N2O2S. The highest BCUT2D eigenvalue weighted by molar-refractivity contribution is 7.98. The third-order valence-electron chi connectivity index (χ3n) is 2.86. The SMILES string of the molecule is O=c1c2c([nH]n1C1CCOC1)CSC2. The molecule has 3 heterocycles. The number of aromatic nitrogens is 2. The van der Waals surface area contributed by atoms with E-state index < -0.39 is 0 Å². The maximum atomic E-state index is 11.9. The van der Waals surface area contributed by atoms with Gasteiger partial charge in [0.2, 0.25) is 0 Å². The summed E-state index contributed by atoms with van der Waals surface area (Å²) in [6, 6.07) is 0.234. The maximum absolute atomic E-state index is 11.9. The third-order valence-corrected chi connectivity index (χ3v) is 3.85. The Labute approximate surface area is 85.6 Å². The van der Waals surface area contributed by atoms with Gasteiger partial charge in [-0.2, -0.15) is 11.8 Å². The zero-order chi connectivity index (χ0) is 9.54. The number of rotatable bonds is 1. The van der Waals surface area contributed by atoms with Crippen molar-refractivity contribution in [3.63, 3.8) is 0 Å². The van der Waals surface area contributed by atoms with Gasteiger partial charge in [-0.1, -0.05) is 0 Å². The molecule has 14 heavy (non-hydrogen) atoms. The van der Waals surface area contributed by atoms with Gasteiger partial charge >= 0.3 is 0 Å². The summed E-state index contributed by atoms with van der Waals surface area (Å²) in [7, 11) is 0. The molecule has 5 heteroatoms. The van der Waals surface area contributed by atoms with Crippen LogP contribution >= 0.6 is 11.8 Å². The topological polar surface area (TPSA) is 47.0 Å². The van der Waals surface area contributed by atoms with Crippen LogP contribution in [0.2, 0.25) is 0 Å². The van der Waals surface area contributed by atoms with Gasteiger partial charge in [0.1, 0.15) is 0 Å². The minimum atomic E-state index is 0.167. The Morgan fingerprint density at radius 2 is 2.43 bits per heavy atom. The standard InChI is InChI=1S/C9H12N2O2S/c12-9-7-4-14-5-8(7)10-11(9)6-1-2-13-3-6/h6,10H,1-5H2. The van der Waals surface area contributed by atoms with E-state index >= 15 is 0 Å². The van der Waals surface area contributed by atoms with Crippen LogP contribution in [0.25, 0.3) is 0 Å². The van der Waals surface area contributed by atoms with E-state index in [2.05, 4.69) is 5.10 Å². The zero-order valence-corrected chi connectivity index (χ0v) is 8.60. The summed E-state index contributed by atoms with van der Waals surface area (Å²) < 4.78 is 7.04. The van der Waals surface area contributed by atoms with Crippen molar-refractivity contribution < 1.29 is 4.74 Å². The molecule has 76 valence electrons. The van der Waals surface area contributed by atoms with Gasteiger partial charge in [-0.05, 0) is 6.42 Å². The van der Waals surface area contributed by atoms with Gasteiger partial charge < -0.3 is 4.74 Å². The summed E-state index contributed by atoms with van der Waals surface area (Å²) in [5.74, 6) is 1.82. The van der Waals surface area contributed by atoms with Crippen LogP contribution in [0.5, 0.6) is 0 Å². The van der Waals surface area contributed by atoms with Crippen LogP contribution in [0.15, 0.2) is 4.79 Å². The molecule has 1 fully saturated rings. The number of ether oxygens (including phenoxy) is 1. The van der Waals surface area contributed by atoms with E-state index in [1.807, 2.05) is 0 Å². The molecule has 0 radical (unpaired) electrons. The third kappa shape index (κ3) is 1.15. The molecule has 2 aliphatic rings. The van der Waals surface area contributed by atoms with Crippen molar-refractivity contribution >= 4 is 11.8 Å². The molecule has 1 saturated heterocycles. The number of nitrogens with one attached hydrogen (secondary N) is 1. The lowest BCUT2D eigenvalue weighted by molar-refractivity contribution is 0.184. The monoisotopic (exact) mass is 212 g/mol. The van der Waals surface area contributed by atoms with Crippen LogP contribution in [0.1, 0.15) is 23.7 Å². The number of fused-ring (bicyclic) bond motifs is 1. The Morgan fingerprint density at radius 1 is 1.50 bits per heavy atom. The van der Waals surface area contributed by atoms with Gasteiger partial charge in [-0.15, -0.1) is 0 Å². The summed E-state index contributed by atoms with van der Waals surface area (Å²) >= 11 is 1.80. The molecule has 2 aliphatic heterocycles. The van der Waals surface area contributed by atoms with E-state index in [-0.39, 0.29) is 11.6 Å². The molecule has 3 rings (SSSR count). The molecule has 0 spiro atoms. The van der Waals surface area contributed by atoms with Gasteiger partial charge in [-0.25, -0.2) is 4.68 Å². The molecule has 0 aromatic carbocycles. The lowest BCUT2D eigenvalue weighted by Crippen LogP contribution is -2.24. The first-order valence-corrected chi connectivity index (χ1v) is 5.99. The molecule has 0 saturated carbocycles. The van der Waals surface area contributed by atoms with Crippen LogP contribution in [0.3, 0.4) is 0 Å². The molecule has 0 bridgehead atoms. The van der Waals surface area contributed by atoms with Crippen LogP contribution in [0, 0.1) is 0 Å². The Bertz CT molecular complexity index is 403. The second-order valence-electron chi connectivity index (χ2n) is 3.75. The van der Waals surface area contributed by atoms with Crippen LogP contribution in [0.4, 0.5) is 0 Å². The van der Waals surface area contributed by atoms with Crippen molar-refractivity contribution in [1.82, 2.24) is 9.78 Å². The van der Waals surface area contributed by atoms with Crippen molar-refractivity contribution in [2.45, 2.75) is 24.0 Å². The minimum Gasteiger partial charge on any atom is -0.379 e. The van der Waals surface area contributed by atoms with Gasteiger partial charge in [0, 0.05) is 18.1 Å². The fraction of sp³-hybridized carbons (Fsp3) is 0.667. The average Bonchev–Trinajstić information content (AvgIpc) is 2.84. The highest BCUT2D eigenvalue weighted by Crippen LogP contribution is 2.27. The summed E-state index contributed by atoms with van der Waals surface area (Å²) in [6.45, 7) is 1.45. The van der Waals surface area contributed by atoms with Gasteiger partial charge in [0.15, 0.2) is 0 Å². The van der Waals surface area contributed by atoms with Crippen molar-refractivity contribution in [2.75, 3.05) is 13.2 Å². The average molecular weight is 212 g/mol. The van der Waals surface area contributed by atoms with E-state index in [1.54, 1.807) is 16.4 Å². The molecule has 0 amide bonds. The van der Waals surface area contributed by atoms with E-state index in [0.717, 1.165) is 35.8 Å². The lowest BCUT2D eigenvalue weighted by atomic mass is 10.2. The molecule has 1 aromatic heterocycles. The highest BCUT2D eigenvalue weighted by Gasteiger charge is 2.25. The van der Waals surface area contributed by atoms with Gasteiger partial charge in [-0.3, -0.25) is 9.89 Å². The van der Waals surface area contributed by atoms with Crippen LogP contribution in [-0.2, 0) is 16.2 Å². The summed E-state index contributed by atoms with van der Waals surface area (Å²) in [4.78, 5) is 11.9. The molecule has 4 nitrogen and oxygen atoms in total. The number of nitrogens with zero attached hydrogens (tertiary/aromatic N) is 1. The second kappa shape index (κ2) is 3.17. The minimum absolute atomic E-state index is 0.167. The highest BCUT2D eigenvalue weighted by atomic mass is 32.2. The van der Waals surface area contributed by atoms with E-state index in [0.29, 0.717) is 6.61 Å². The summed E-state index contributed by atoms with van der Waals surface area (Å²) in [6.07, 6.45) is 0.951. The van der Waals surface area contributed by atoms with Crippen molar-refractivity contribution in [2.24, 2.45) is 0 Å². The predicted molar refractivity (Wildman–Crippen MR) is 54.5 cm³/mol. The predicted octanol–water partition coefficient (Wildman–Crippen LogP) is 0.885. The zero-order valence-electron chi connectivity index (χ0n) is 7.78. The van der Waals surface area contributed by atoms with E-state index in [4.69, 9.17) is 4.74 Å². The summed E-state index contributed by atoms with van der Waals surface area (Å²) in [5, 5.41) is 3.21. The molecular weight excluding hydrogens is 200 g/mol. The van der Waals surface area contributed by atoms with Crippen molar-refractivity contribution in [3.8, 4) is 0 Å². The maximum Gasteiger partial charge on any atom is 0.271 e. The fourth-order valence-electron chi connectivity index (χ4n) is 2.04. The number of thioether (sulfide) groups is 1. The summed E-state index contributed by atoms with van der Waals surface area (Å²) in [5.41, 5.74) is 2.26.